The van der Waals surface area contributed by atoms with E-state index in [1.54, 1.807) is 34.4 Å². The minimum Gasteiger partial charge on any atom is -0.495 e. The first-order valence-corrected chi connectivity index (χ1v) is 13.6. The number of hydrogen-bond acceptors (Lipinski definition) is 6. The van der Waals surface area contributed by atoms with Gasteiger partial charge in [-0.3, -0.25) is 14.4 Å². The molecule has 0 spiro atoms. The van der Waals surface area contributed by atoms with Gasteiger partial charge in [-0.1, -0.05) is 25.1 Å². The number of anilines is 1. The molecule has 34 heavy (non-hydrogen) atoms. The maximum atomic E-state index is 13.2. The van der Waals surface area contributed by atoms with Crippen LogP contribution in [0.5, 0.6) is 5.75 Å². The number of ether oxygens (including phenoxy) is 1. The lowest BCUT2D eigenvalue weighted by atomic mass is 10.1. The Balaban J connectivity index is 1.48. The summed E-state index contributed by atoms with van der Waals surface area (Å²) in [6.07, 6.45) is 0.868. The fraction of sp³-hybridized carbons (Fsp3) is 0.320. The summed E-state index contributed by atoms with van der Waals surface area (Å²) in [5.41, 5.74) is 1.90. The van der Waals surface area contributed by atoms with Crippen LogP contribution in [0.25, 0.3) is 0 Å². The number of aryl methyl sites for hydroxylation is 1. The first-order chi connectivity index (χ1) is 16.4. The molecule has 7 nitrogen and oxygen atoms in total. The summed E-state index contributed by atoms with van der Waals surface area (Å²) in [6, 6.07) is 15.9. The van der Waals surface area contributed by atoms with Crippen molar-refractivity contribution < 1.29 is 17.9 Å². The van der Waals surface area contributed by atoms with E-state index in [4.69, 9.17) is 4.74 Å². The Morgan fingerprint density at radius 3 is 2.41 bits per heavy atom. The van der Waals surface area contributed by atoms with Crippen molar-refractivity contribution in [3.63, 3.8) is 0 Å². The van der Waals surface area contributed by atoms with Gasteiger partial charge in [0.05, 0.1) is 7.11 Å². The average molecular weight is 500 g/mol. The minimum atomic E-state index is -3.95. The molecule has 1 saturated heterocycles. The molecule has 0 atom stereocenters. The summed E-state index contributed by atoms with van der Waals surface area (Å²) in [7, 11) is -2.54. The number of nitrogens with one attached hydrogen (secondary N) is 1. The minimum absolute atomic E-state index is 0.0586. The molecule has 0 aliphatic carbocycles. The van der Waals surface area contributed by atoms with Gasteiger partial charge in [-0.2, -0.15) is 0 Å². The number of carbonyl (C=O) groups is 1. The lowest BCUT2D eigenvalue weighted by Crippen LogP contribution is -2.48. The third-order valence-electron chi connectivity index (χ3n) is 5.93. The third-order valence-corrected chi connectivity index (χ3v) is 8.20. The zero-order valence-corrected chi connectivity index (χ0v) is 21.0. The van der Waals surface area contributed by atoms with Gasteiger partial charge < -0.3 is 9.64 Å². The van der Waals surface area contributed by atoms with Gasteiger partial charge in [0, 0.05) is 48.9 Å². The van der Waals surface area contributed by atoms with Gasteiger partial charge >= 0.3 is 0 Å². The van der Waals surface area contributed by atoms with E-state index >= 15 is 0 Å². The van der Waals surface area contributed by atoms with Crippen LogP contribution in [0, 0.1) is 0 Å². The lowest BCUT2D eigenvalue weighted by molar-refractivity contribution is 0.0629. The number of nitrogens with zero attached hydrogens (tertiary/aromatic N) is 2. The van der Waals surface area contributed by atoms with Crippen LogP contribution in [-0.4, -0.2) is 57.4 Å². The van der Waals surface area contributed by atoms with E-state index in [0.717, 1.165) is 31.6 Å². The Morgan fingerprint density at radius 2 is 1.79 bits per heavy atom. The molecule has 1 aliphatic rings. The molecule has 0 saturated carbocycles. The fourth-order valence-electron chi connectivity index (χ4n) is 3.95. The van der Waals surface area contributed by atoms with E-state index in [-0.39, 0.29) is 16.6 Å². The molecule has 0 radical (unpaired) electrons. The van der Waals surface area contributed by atoms with Crippen molar-refractivity contribution in [2.24, 2.45) is 0 Å². The third kappa shape index (κ3) is 5.60. The van der Waals surface area contributed by atoms with Gasteiger partial charge in [0.2, 0.25) is 0 Å². The second-order valence-electron chi connectivity index (χ2n) is 8.17. The Labute approximate surface area is 205 Å². The van der Waals surface area contributed by atoms with E-state index in [9.17, 15) is 13.2 Å². The molecule has 1 aromatic heterocycles. The van der Waals surface area contributed by atoms with E-state index in [1.165, 1.54) is 24.1 Å². The molecule has 1 N–H and O–H groups in total. The highest BCUT2D eigenvalue weighted by molar-refractivity contribution is 7.92. The molecule has 180 valence electrons. The number of rotatable bonds is 8. The van der Waals surface area contributed by atoms with Crippen LogP contribution in [0.1, 0.15) is 27.7 Å². The second-order valence-corrected chi connectivity index (χ2v) is 10.9. The Bertz CT molecular complexity index is 1220. The predicted molar refractivity (Wildman–Crippen MR) is 135 cm³/mol. The highest BCUT2D eigenvalue weighted by atomic mass is 32.2. The number of hydrogen-bond donors (Lipinski definition) is 1. The van der Waals surface area contributed by atoms with Gasteiger partial charge in [-0.15, -0.1) is 11.3 Å². The number of benzene rings is 2. The summed E-state index contributed by atoms with van der Waals surface area (Å²) in [6.45, 7) is 5.67. The topological polar surface area (TPSA) is 79.0 Å². The molecule has 2 aromatic carbocycles. The number of piperazine rings is 1. The molecule has 3 aromatic rings. The van der Waals surface area contributed by atoms with Crippen molar-refractivity contribution in [2.75, 3.05) is 38.0 Å². The maximum Gasteiger partial charge on any atom is 0.265 e. The summed E-state index contributed by atoms with van der Waals surface area (Å²) in [4.78, 5) is 18.5. The highest BCUT2D eigenvalue weighted by Crippen LogP contribution is 2.28. The van der Waals surface area contributed by atoms with Crippen molar-refractivity contribution in [1.82, 2.24) is 9.80 Å². The van der Waals surface area contributed by atoms with Gasteiger partial charge in [-0.25, -0.2) is 8.42 Å². The van der Waals surface area contributed by atoms with Gasteiger partial charge in [0.1, 0.15) is 10.6 Å². The summed E-state index contributed by atoms with van der Waals surface area (Å²) < 4.78 is 34.2. The predicted octanol–water partition coefficient (Wildman–Crippen LogP) is 4.08. The molecule has 0 bridgehead atoms. The first kappa shape index (κ1) is 24.3. The quantitative estimate of drug-likeness (QED) is 0.505. The molecule has 1 fully saturated rings. The molecule has 2 heterocycles. The van der Waals surface area contributed by atoms with Crippen LogP contribution >= 0.6 is 11.3 Å². The van der Waals surface area contributed by atoms with E-state index < -0.39 is 10.0 Å². The molecular weight excluding hydrogens is 470 g/mol. The van der Waals surface area contributed by atoms with Crippen LogP contribution < -0.4 is 9.46 Å². The molecule has 4 rings (SSSR count). The SMILES string of the molecule is CCc1ccc(NS(=O)(=O)c2cc(C(=O)N3CCN(Cc4cccs4)CC3)ccc2OC)cc1. The molecule has 1 amide bonds. The van der Waals surface area contributed by atoms with Crippen molar-refractivity contribution in [3.05, 3.63) is 76.0 Å². The van der Waals surface area contributed by atoms with Crippen molar-refractivity contribution in [1.29, 1.82) is 0 Å². The fourth-order valence-corrected chi connectivity index (χ4v) is 5.95. The van der Waals surface area contributed by atoms with E-state index in [1.807, 2.05) is 25.1 Å². The van der Waals surface area contributed by atoms with Crippen LogP contribution in [0.2, 0.25) is 0 Å². The first-order valence-electron chi connectivity index (χ1n) is 11.2. The number of sulfonamides is 1. The van der Waals surface area contributed by atoms with Crippen molar-refractivity contribution >= 4 is 33.0 Å². The summed E-state index contributed by atoms with van der Waals surface area (Å²) in [5.74, 6) is 0.0113. The molecular formula is C25H29N3O4S2. The summed E-state index contributed by atoms with van der Waals surface area (Å²) in [5, 5.41) is 2.07. The van der Waals surface area contributed by atoms with Gasteiger partial charge in [0.15, 0.2) is 0 Å². The van der Waals surface area contributed by atoms with Crippen LogP contribution in [0.15, 0.2) is 64.9 Å². The maximum absolute atomic E-state index is 13.2. The van der Waals surface area contributed by atoms with Crippen LogP contribution in [0.4, 0.5) is 5.69 Å². The Morgan fingerprint density at radius 1 is 1.06 bits per heavy atom. The van der Waals surface area contributed by atoms with Crippen molar-refractivity contribution in [2.45, 2.75) is 24.8 Å². The number of methoxy groups -OCH3 is 1. The zero-order chi connectivity index (χ0) is 24.1. The van der Waals surface area contributed by atoms with E-state index in [0.29, 0.717) is 24.3 Å². The highest BCUT2D eigenvalue weighted by Gasteiger charge is 2.26. The standard InChI is InChI=1S/C25H29N3O4S2/c1-3-19-6-9-21(10-7-19)26-34(30,31)24-17-20(8-11-23(24)32-2)25(29)28-14-12-27(13-15-28)18-22-5-4-16-33-22/h4-11,16-17,26H,3,12-15,18H2,1-2H3. The number of amides is 1. The zero-order valence-electron chi connectivity index (χ0n) is 19.4. The lowest BCUT2D eigenvalue weighted by Gasteiger charge is -2.34. The van der Waals surface area contributed by atoms with Gasteiger partial charge in [-0.05, 0) is 53.8 Å². The van der Waals surface area contributed by atoms with Crippen LogP contribution in [0.3, 0.4) is 0 Å². The average Bonchev–Trinajstić information content (AvgIpc) is 3.37. The normalized spacial score (nSPS) is 14.7. The number of thiophene rings is 1. The molecule has 1 aliphatic heterocycles. The smallest absolute Gasteiger partial charge is 0.265 e. The Kier molecular flexibility index (Phi) is 7.55. The number of carbonyl (C=O) groups excluding carboxylic acids is 1. The Hall–Kier alpha value is -2.88. The van der Waals surface area contributed by atoms with Crippen molar-refractivity contribution in [3.8, 4) is 5.75 Å². The summed E-state index contributed by atoms with van der Waals surface area (Å²) >= 11 is 1.73. The second kappa shape index (κ2) is 10.6. The van der Waals surface area contributed by atoms with E-state index in [2.05, 4.69) is 21.1 Å². The molecule has 0 unspecified atom stereocenters. The van der Waals surface area contributed by atoms with Crippen LogP contribution in [-0.2, 0) is 23.0 Å². The monoisotopic (exact) mass is 499 g/mol. The molecule has 9 heteroatoms. The van der Waals surface area contributed by atoms with Gasteiger partial charge in [0.25, 0.3) is 15.9 Å². The largest absolute Gasteiger partial charge is 0.495 e.